The Morgan fingerprint density at radius 1 is 0.897 bits per heavy atom. The first-order valence-electron chi connectivity index (χ1n) is 14.2. The van der Waals surface area contributed by atoms with Gasteiger partial charge in [-0.05, 0) is 74.8 Å². The Hall–Kier alpha value is -2.84. The van der Waals surface area contributed by atoms with Crippen LogP contribution in [0.15, 0.2) is 46.9 Å². The normalized spacial score (nSPS) is 11.8. The van der Waals surface area contributed by atoms with Gasteiger partial charge in [-0.2, -0.15) is 0 Å². The van der Waals surface area contributed by atoms with E-state index in [-0.39, 0.29) is 5.78 Å². The summed E-state index contributed by atoms with van der Waals surface area (Å²) in [6.07, 6.45) is 8.39. The molecule has 1 aromatic heterocycles. The molecule has 0 aliphatic carbocycles. The van der Waals surface area contributed by atoms with Crippen LogP contribution in [-0.4, -0.2) is 58.6 Å². The molecule has 0 fully saturated rings. The number of ether oxygens (including phenoxy) is 1. The van der Waals surface area contributed by atoms with Gasteiger partial charge in [0.25, 0.3) is 0 Å². The molecule has 0 radical (unpaired) electrons. The zero-order valence-electron chi connectivity index (χ0n) is 24.2. The average molecular weight is 557 g/mol. The highest BCUT2D eigenvalue weighted by Crippen LogP contribution is 2.33. The predicted molar refractivity (Wildman–Crippen MR) is 160 cm³/mol. The number of carbonyl (C=O) groups is 1. The number of rotatable bonds is 17. The Balaban J connectivity index is 1.80. The van der Waals surface area contributed by atoms with Crippen molar-refractivity contribution in [3.05, 3.63) is 59.4 Å². The number of sulfonamides is 1. The van der Waals surface area contributed by atoms with Crippen LogP contribution < -0.4 is 9.04 Å². The molecular formula is C31H44N2O5S. The first kappa shape index (κ1) is 30.7. The first-order chi connectivity index (χ1) is 18.7. The van der Waals surface area contributed by atoms with Crippen molar-refractivity contribution in [2.24, 2.45) is 0 Å². The molecule has 8 heteroatoms. The third-order valence-electron chi connectivity index (χ3n) is 7.04. The Bertz CT molecular complexity index is 1310. The summed E-state index contributed by atoms with van der Waals surface area (Å²) in [4.78, 5) is 16.2. The monoisotopic (exact) mass is 556 g/mol. The van der Waals surface area contributed by atoms with Crippen molar-refractivity contribution >= 4 is 32.5 Å². The minimum atomic E-state index is -3.44. The lowest BCUT2D eigenvalue weighted by Gasteiger charge is -2.22. The Kier molecular flexibility index (Phi) is 11.4. The molecular weight excluding hydrogens is 512 g/mol. The van der Waals surface area contributed by atoms with Crippen LogP contribution in [0.2, 0.25) is 0 Å². The second-order valence-corrected chi connectivity index (χ2v) is 12.2. The SMILES string of the molecule is CCCCc1oc2ccc(N(C)S(C)(=O)=O)cc2c1C(=O)c1ccc(OCCN(CCCC)CCCC)cc1. The molecule has 0 saturated heterocycles. The fraction of sp³-hybridized carbons (Fsp3) is 0.516. The topological polar surface area (TPSA) is 80.1 Å². The molecule has 3 aromatic rings. The first-order valence-corrected chi connectivity index (χ1v) is 16.0. The molecule has 214 valence electrons. The molecule has 0 N–H and O–H groups in total. The van der Waals surface area contributed by atoms with Crippen LogP contribution in [-0.2, 0) is 16.4 Å². The Labute approximate surface area is 234 Å². The third kappa shape index (κ3) is 8.32. The molecule has 0 aliphatic rings. The summed E-state index contributed by atoms with van der Waals surface area (Å²) in [5, 5.41) is 0.624. The van der Waals surface area contributed by atoms with E-state index < -0.39 is 10.0 Å². The minimum absolute atomic E-state index is 0.143. The smallest absolute Gasteiger partial charge is 0.231 e. The van der Waals surface area contributed by atoms with Crippen LogP contribution >= 0.6 is 0 Å². The molecule has 3 rings (SSSR count). The van der Waals surface area contributed by atoms with E-state index in [0.717, 1.165) is 44.5 Å². The third-order valence-corrected chi connectivity index (χ3v) is 8.24. The van der Waals surface area contributed by atoms with Crippen LogP contribution in [0.4, 0.5) is 5.69 Å². The van der Waals surface area contributed by atoms with Crippen molar-refractivity contribution in [2.75, 3.05) is 43.8 Å². The summed E-state index contributed by atoms with van der Waals surface area (Å²) < 4.78 is 37.5. The summed E-state index contributed by atoms with van der Waals surface area (Å²) in [6.45, 7) is 10.2. The number of carbonyl (C=O) groups excluding carboxylic acids is 1. The van der Waals surface area contributed by atoms with Gasteiger partial charge in [0.15, 0.2) is 5.78 Å². The number of unbranched alkanes of at least 4 members (excludes halogenated alkanes) is 3. The zero-order valence-corrected chi connectivity index (χ0v) is 25.0. The maximum atomic E-state index is 13.8. The van der Waals surface area contributed by atoms with E-state index in [9.17, 15) is 13.2 Å². The molecule has 1 heterocycles. The van der Waals surface area contributed by atoms with Gasteiger partial charge < -0.3 is 9.15 Å². The van der Waals surface area contributed by atoms with E-state index in [1.807, 2.05) is 12.1 Å². The molecule has 0 unspecified atom stereocenters. The van der Waals surface area contributed by atoms with Crippen LogP contribution in [0.3, 0.4) is 0 Å². The highest BCUT2D eigenvalue weighted by molar-refractivity contribution is 7.92. The van der Waals surface area contributed by atoms with Crippen LogP contribution in [0.1, 0.15) is 81.0 Å². The number of benzene rings is 2. The molecule has 0 bridgehead atoms. The van der Waals surface area contributed by atoms with E-state index in [0.29, 0.717) is 46.6 Å². The summed E-state index contributed by atoms with van der Waals surface area (Å²) in [5.41, 5.74) is 2.10. The average Bonchev–Trinajstić information content (AvgIpc) is 3.29. The lowest BCUT2D eigenvalue weighted by molar-refractivity contribution is 0.103. The molecule has 0 saturated carbocycles. The van der Waals surface area contributed by atoms with Gasteiger partial charge in [0.1, 0.15) is 23.7 Å². The Morgan fingerprint density at radius 2 is 1.54 bits per heavy atom. The molecule has 7 nitrogen and oxygen atoms in total. The number of ketones is 1. The fourth-order valence-electron chi connectivity index (χ4n) is 4.52. The predicted octanol–water partition coefficient (Wildman–Crippen LogP) is 6.68. The van der Waals surface area contributed by atoms with E-state index in [2.05, 4.69) is 25.7 Å². The second kappa shape index (κ2) is 14.5. The lowest BCUT2D eigenvalue weighted by atomic mass is 9.98. The quantitative estimate of drug-likeness (QED) is 0.173. The van der Waals surface area contributed by atoms with Gasteiger partial charge in [-0.15, -0.1) is 0 Å². The highest BCUT2D eigenvalue weighted by atomic mass is 32.2. The summed E-state index contributed by atoms with van der Waals surface area (Å²) in [7, 11) is -1.94. The van der Waals surface area contributed by atoms with Gasteiger partial charge in [-0.1, -0.05) is 40.0 Å². The number of aryl methyl sites for hydroxylation is 1. The second-order valence-electron chi connectivity index (χ2n) is 10.2. The van der Waals surface area contributed by atoms with E-state index in [1.165, 1.54) is 37.0 Å². The number of furan rings is 1. The molecule has 0 amide bonds. The number of nitrogens with zero attached hydrogens (tertiary/aromatic N) is 2. The van der Waals surface area contributed by atoms with Crippen molar-refractivity contribution in [1.82, 2.24) is 4.90 Å². The number of fused-ring (bicyclic) bond motifs is 1. The van der Waals surface area contributed by atoms with Crippen molar-refractivity contribution < 1.29 is 22.4 Å². The van der Waals surface area contributed by atoms with Crippen LogP contribution in [0.5, 0.6) is 5.75 Å². The summed E-state index contributed by atoms with van der Waals surface area (Å²) >= 11 is 0. The van der Waals surface area contributed by atoms with Gasteiger partial charge in [0, 0.05) is 31.0 Å². The number of hydrogen-bond acceptors (Lipinski definition) is 6. The number of hydrogen-bond donors (Lipinski definition) is 0. The van der Waals surface area contributed by atoms with Crippen molar-refractivity contribution in [1.29, 1.82) is 0 Å². The van der Waals surface area contributed by atoms with Crippen LogP contribution in [0, 0.1) is 0 Å². The number of anilines is 1. The van der Waals surface area contributed by atoms with Gasteiger partial charge in [0.2, 0.25) is 10.0 Å². The van der Waals surface area contributed by atoms with Crippen molar-refractivity contribution in [2.45, 2.75) is 65.7 Å². The van der Waals surface area contributed by atoms with Gasteiger partial charge >= 0.3 is 0 Å². The van der Waals surface area contributed by atoms with Crippen molar-refractivity contribution in [3.8, 4) is 5.75 Å². The van der Waals surface area contributed by atoms with Crippen LogP contribution in [0.25, 0.3) is 11.0 Å². The van der Waals surface area contributed by atoms with Gasteiger partial charge in [0.05, 0.1) is 17.5 Å². The standard InChI is InChI=1S/C31H44N2O5S/c1-6-9-12-29-30(27-23-25(15-18-28(27)38-29)32(4)39(5,35)36)31(34)24-13-16-26(17-14-24)37-22-21-33(19-10-7-2)20-11-8-3/h13-18,23H,6-12,19-22H2,1-5H3. The largest absolute Gasteiger partial charge is 0.492 e. The van der Waals surface area contributed by atoms with Gasteiger partial charge in [-0.25, -0.2) is 8.42 Å². The molecule has 39 heavy (non-hydrogen) atoms. The van der Waals surface area contributed by atoms with E-state index >= 15 is 0 Å². The minimum Gasteiger partial charge on any atom is -0.492 e. The Morgan fingerprint density at radius 3 is 2.13 bits per heavy atom. The van der Waals surface area contributed by atoms with Crippen molar-refractivity contribution in [3.63, 3.8) is 0 Å². The lowest BCUT2D eigenvalue weighted by Crippen LogP contribution is -2.30. The maximum Gasteiger partial charge on any atom is 0.231 e. The van der Waals surface area contributed by atoms with E-state index in [4.69, 9.17) is 9.15 Å². The molecule has 2 aromatic carbocycles. The zero-order chi connectivity index (χ0) is 28.4. The summed E-state index contributed by atoms with van der Waals surface area (Å²) in [6, 6.07) is 12.4. The van der Waals surface area contributed by atoms with Gasteiger partial charge in [-0.3, -0.25) is 14.0 Å². The fourth-order valence-corrected chi connectivity index (χ4v) is 5.02. The maximum absolute atomic E-state index is 13.8. The van der Waals surface area contributed by atoms with E-state index in [1.54, 1.807) is 30.3 Å². The highest BCUT2D eigenvalue weighted by Gasteiger charge is 2.23. The molecule has 0 atom stereocenters. The molecule has 0 spiro atoms. The molecule has 0 aliphatic heterocycles. The summed E-state index contributed by atoms with van der Waals surface area (Å²) in [5.74, 6) is 1.23.